The normalized spacial score (nSPS) is 12.4. The van der Waals surface area contributed by atoms with Gasteiger partial charge in [-0.15, -0.1) is 11.6 Å². The van der Waals surface area contributed by atoms with E-state index in [0.29, 0.717) is 11.4 Å². The minimum atomic E-state index is -1.47. The van der Waals surface area contributed by atoms with E-state index in [2.05, 4.69) is 15.9 Å². The Bertz CT molecular complexity index is 395. The fourth-order valence-electron chi connectivity index (χ4n) is 1.62. The van der Waals surface area contributed by atoms with E-state index in [0.717, 1.165) is 29.3 Å². The highest BCUT2D eigenvalue weighted by molar-refractivity contribution is 9.09. The minimum absolute atomic E-state index is 0.380. The van der Waals surface area contributed by atoms with Crippen LogP contribution in [0.1, 0.15) is 29.2 Å². The van der Waals surface area contributed by atoms with Crippen molar-refractivity contribution in [2.45, 2.75) is 24.8 Å². The lowest BCUT2D eigenvalue weighted by Crippen LogP contribution is -2.13. The number of hydrogen-bond donors (Lipinski definition) is 2. The second kappa shape index (κ2) is 6.99. The van der Waals surface area contributed by atoms with Crippen molar-refractivity contribution in [2.24, 2.45) is 0 Å². The van der Waals surface area contributed by atoms with E-state index in [1.165, 1.54) is 0 Å². The quantitative estimate of drug-likeness (QED) is 0.792. The van der Waals surface area contributed by atoms with E-state index >= 15 is 0 Å². The van der Waals surface area contributed by atoms with Gasteiger partial charge in [0.25, 0.3) is 0 Å². The lowest BCUT2D eigenvalue weighted by Gasteiger charge is -2.13. The first kappa shape index (κ1) is 14.5. The maximum Gasteiger partial charge on any atom is 0.337 e. The summed E-state index contributed by atoms with van der Waals surface area (Å²) in [5.41, 5.74) is 2.22. The van der Waals surface area contributed by atoms with Crippen molar-refractivity contribution in [2.75, 3.05) is 5.33 Å². The number of aryl methyl sites for hydroxylation is 1. The maximum atomic E-state index is 10.8. The van der Waals surface area contributed by atoms with Gasteiger partial charge in [-0.2, -0.15) is 0 Å². The van der Waals surface area contributed by atoms with E-state index in [4.69, 9.17) is 16.7 Å². The van der Waals surface area contributed by atoms with E-state index in [1.807, 2.05) is 6.07 Å². The van der Waals surface area contributed by atoms with Crippen molar-refractivity contribution in [1.29, 1.82) is 0 Å². The first-order valence-corrected chi connectivity index (χ1v) is 6.90. The molecule has 0 saturated heterocycles. The van der Waals surface area contributed by atoms with Gasteiger partial charge in [0, 0.05) is 11.2 Å². The molecule has 94 valence electrons. The summed E-state index contributed by atoms with van der Waals surface area (Å²) in [5.74, 6) is -0.853. The molecule has 1 unspecified atom stereocenters. The number of carbonyl (C=O) groups is 1. The lowest BCUT2D eigenvalue weighted by molar-refractivity contribution is -0.147. The number of hydrogen-bond acceptors (Lipinski definition) is 2. The number of alkyl halides is 2. The summed E-state index contributed by atoms with van der Waals surface area (Å²) in [4.78, 5) is 10.8. The molecule has 2 N–H and O–H groups in total. The van der Waals surface area contributed by atoms with Crippen LogP contribution in [0.2, 0.25) is 0 Å². The molecule has 0 aliphatic carbocycles. The molecule has 0 aliphatic rings. The Kier molecular flexibility index (Phi) is 5.95. The summed E-state index contributed by atoms with van der Waals surface area (Å²) in [6, 6.07) is 5.24. The third kappa shape index (κ3) is 3.98. The molecule has 0 fully saturated rings. The van der Waals surface area contributed by atoms with Crippen LogP contribution in [0.3, 0.4) is 0 Å². The number of rotatable bonds is 6. The molecular weight excluding hydrogens is 307 g/mol. The SMILES string of the molecule is O=C(O)C(O)c1ccc(CCl)cc1CCCBr. The van der Waals surface area contributed by atoms with Gasteiger partial charge in [-0.25, -0.2) is 4.79 Å². The highest BCUT2D eigenvalue weighted by Gasteiger charge is 2.19. The smallest absolute Gasteiger partial charge is 0.337 e. The molecule has 0 saturated carbocycles. The van der Waals surface area contributed by atoms with Gasteiger partial charge in [0.15, 0.2) is 6.10 Å². The Morgan fingerprint density at radius 3 is 2.71 bits per heavy atom. The monoisotopic (exact) mass is 320 g/mol. The van der Waals surface area contributed by atoms with Gasteiger partial charge >= 0.3 is 5.97 Å². The summed E-state index contributed by atoms with van der Waals surface area (Å²) in [5, 5.41) is 19.3. The van der Waals surface area contributed by atoms with Crippen molar-refractivity contribution in [3.05, 3.63) is 34.9 Å². The molecule has 1 aromatic carbocycles. The molecule has 0 spiro atoms. The molecule has 1 aromatic rings. The molecule has 0 radical (unpaired) electrons. The number of aliphatic carboxylic acids is 1. The van der Waals surface area contributed by atoms with Crippen molar-refractivity contribution in [3.8, 4) is 0 Å². The standard InChI is InChI=1S/C12H14BrClO3/c13-5-1-2-9-6-8(7-14)3-4-10(9)11(15)12(16)17/h3-4,6,11,15H,1-2,5,7H2,(H,16,17). The first-order chi connectivity index (χ1) is 8.10. The van der Waals surface area contributed by atoms with Crippen LogP contribution in [-0.2, 0) is 17.1 Å². The summed E-state index contributed by atoms with van der Waals surface area (Å²) in [6.07, 6.45) is 0.130. The molecule has 0 heterocycles. The Balaban J connectivity index is 3.05. The van der Waals surface area contributed by atoms with Crippen LogP contribution in [0.5, 0.6) is 0 Å². The van der Waals surface area contributed by atoms with Gasteiger partial charge < -0.3 is 10.2 Å². The molecule has 0 aliphatic heterocycles. The van der Waals surface area contributed by atoms with Crippen LogP contribution in [-0.4, -0.2) is 21.5 Å². The predicted molar refractivity (Wildman–Crippen MR) is 70.7 cm³/mol. The molecule has 0 bridgehead atoms. The van der Waals surface area contributed by atoms with Gasteiger partial charge in [-0.3, -0.25) is 0 Å². The molecule has 17 heavy (non-hydrogen) atoms. The second-order valence-corrected chi connectivity index (χ2v) is 4.76. The Morgan fingerprint density at radius 2 is 2.18 bits per heavy atom. The number of benzene rings is 1. The Morgan fingerprint density at radius 1 is 1.47 bits per heavy atom. The second-order valence-electron chi connectivity index (χ2n) is 3.70. The molecule has 1 rings (SSSR count). The van der Waals surface area contributed by atoms with Crippen LogP contribution in [0.4, 0.5) is 0 Å². The first-order valence-electron chi connectivity index (χ1n) is 5.24. The van der Waals surface area contributed by atoms with Gasteiger partial charge in [0.1, 0.15) is 0 Å². The van der Waals surface area contributed by atoms with Crippen molar-refractivity contribution < 1.29 is 15.0 Å². The average Bonchev–Trinajstić information content (AvgIpc) is 2.34. The predicted octanol–water partition coefficient (Wildman–Crippen LogP) is 2.87. The van der Waals surface area contributed by atoms with Gasteiger partial charge in [-0.05, 0) is 29.5 Å². The van der Waals surface area contributed by atoms with Crippen LogP contribution in [0.15, 0.2) is 18.2 Å². The third-order valence-electron chi connectivity index (χ3n) is 2.47. The highest BCUT2D eigenvalue weighted by atomic mass is 79.9. The summed E-state index contributed by atoms with van der Waals surface area (Å²) < 4.78 is 0. The average molecular weight is 322 g/mol. The highest BCUT2D eigenvalue weighted by Crippen LogP contribution is 2.22. The van der Waals surface area contributed by atoms with E-state index < -0.39 is 12.1 Å². The number of aliphatic hydroxyl groups excluding tert-OH is 1. The summed E-state index contributed by atoms with van der Waals surface area (Å²) in [7, 11) is 0. The van der Waals surface area contributed by atoms with E-state index in [9.17, 15) is 9.90 Å². The summed E-state index contributed by atoms with van der Waals surface area (Å²) in [6.45, 7) is 0. The topological polar surface area (TPSA) is 57.5 Å². The number of carboxylic acids is 1. The maximum absolute atomic E-state index is 10.8. The lowest BCUT2D eigenvalue weighted by atomic mass is 9.97. The molecule has 1 atom stereocenters. The molecule has 0 amide bonds. The molecule has 0 aromatic heterocycles. The molecule has 3 nitrogen and oxygen atoms in total. The third-order valence-corrected chi connectivity index (χ3v) is 3.34. The van der Waals surface area contributed by atoms with Crippen LogP contribution in [0.25, 0.3) is 0 Å². The Hall–Kier alpha value is -0.580. The number of carboxylic acid groups (broad SMARTS) is 1. The zero-order valence-electron chi connectivity index (χ0n) is 9.20. The van der Waals surface area contributed by atoms with Crippen LogP contribution >= 0.6 is 27.5 Å². The summed E-state index contributed by atoms with van der Waals surface area (Å²) >= 11 is 9.07. The molecule has 5 heteroatoms. The van der Waals surface area contributed by atoms with Gasteiger partial charge in [0.2, 0.25) is 0 Å². The fraction of sp³-hybridized carbons (Fsp3) is 0.417. The van der Waals surface area contributed by atoms with E-state index in [-0.39, 0.29) is 0 Å². The Labute approximate surface area is 114 Å². The minimum Gasteiger partial charge on any atom is -0.479 e. The van der Waals surface area contributed by atoms with Crippen molar-refractivity contribution >= 4 is 33.5 Å². The van der Waals surface area contributed by atoms with Crippen LogP contribution < -0.4 is 0 Å². The zero-order chi connectivity index (χ0) is 12.8. The fourth-order valence-corrected chi connectivity index (χ4v) is 2.06. The van der Waals surface area contributed by atoms with Crippen LogP contribution in [0, 0.1) is 0 Å². The van der Waals surface area contributed by atoms with Crippen molar-refractivity contribution in [1.82, 2.24) is 0 Å². The van der Waals surface area contributed by atoms with Crippen molar-refractivity contribution in [3.63, 3.8) is 0 Å². The van der Waals surface area contributed by atoms with E-state index in [1.54, 1.807) is 12.1 Å². The zero-order valence-corrected chi connectivity index (χ0v) is 11.5. The number of halogens is 2. The molecular formula is C12H14BrClO3. The number of aliphatic hydroxyl groups is 1. The largest absolute Gasteiger partial charge is 0.479 e. The van der Waals surface area contributed by atoms with Gasteiger partial charge in [-0.1, -0.05) is 34.1 Å². The van der Waals surface area contributed by atoms with Gasteiger partial charge in [0.05, 0.1) is 0 Å².